The molecule has 0 aliphatic carbocycles. The van der Waals surface area contributed by atoms with Gasteiger partial charge in [-0.05, 0) is 53.4 Å². The number of nitrogens with zero attached hydrogens (tertiary/aromatic N) is 1. The minimum Gasteiger partial charge on any atom is -0.497 e. The molecule has 1 amide bonds. The van der Waals surface area contributed by atoms with Crippen LogP contribution in [0.15, 0.2) is 97.2 Å². The van der Waals surface area contributed by atoms with E-state index in [1.54, 1.807) is 37.6 Å². The van der Waals surface area contributed by atoms with Crippen LogP contribution < -0.4 is 15.4 Å². The maximum absolute atomic E-state index is 12.7. The minimum atomic E-state index is -0.224. The van der Waals surface area contributed by atoms with Crippen LogP contribution in [0, 0.1) is 0 Å². The number of halogens is 1. The molecule has 2 N–H and O–H groups in total. The van der Waals surface area contributed by atoms with Crippen molar-refractivity contribution in [3.05, 3.63) is 118 Å². The molecule has 35 heavy (non-hydrogen) atoms. The molecule has 1 heterocycles. The Balaban J connectivity index is 1.44. The highest BCUT2D eigenvalue weighted by Crippen LogP contribution is 2.35. The van der Waals surface area contributed by atoms with E-state index in [-0.39, 0.29) is 11.9 Å². The molecule has 0 saturated heterocycles. The molecule has 0 radical (unpaired) electrons. The highest BCUT2D eigenvalue weighted by atomic mass is 35.5. The number of hydrogen-bond donors (Lipinski definition) is 2. The van der Waals surface area contributed by atoms with Gasteiger partial charge >= 0.3 is 0 Å². The van der Waals surface area contributed by atoms with Crippen molar-refractivity contribution in [2.75, 3.05) is 17.7 Å². The second kappa shape index (κ2) is 10.2. The first kappa shape index (κ1) is 22.9. The number of carbonyl (C=O) groups excluding carboxylic acids is 1. The van der Waals surface area contributed by atoms with Crippen LogP contribution in [-0.4, -0.2) is 18.0 Å². The quantitative estimate of drug-likeness (QED) is 0.244. The number of ether oxygens (including phenoxy) is 1. The van der Waals surface area contributed by atoms with Crippen molar-refractivity contribution < 1.29 is 9.53 Å². The molecule has 5 rings (SSSR count). The number of rotatable bonds is 7. The lowest BCUT2D eigenvalue weighted by Crippen LogP contribution is -2.12. The third-order valence-electron chi connectivity index (χ3n) is 5.67. The Morgan fingerprint density at radius 2 is 1.69 bits per heavy atom. The van der Waals surface area contributed by atoms with Crippen molar-refractivity contribution in [3.8, 4) is 5.75 Å². The van der Waals surface area contributed by atoms with Gasteiger partial charge in [-0.2, -0.15) is 0 Å². The van der Waals surface area contributed by atoms with Crippen molar-refractivity contribution in [2.24, 2.45) is 0 Å². The number of methoxy groups -OCH3 is 1. The summed E-state index contributed by atoms with van der Waals surface area (Å²) in [5.41, 5.74) is 2.59. The van der Waals surface area contributed by atoms with Gasteiger partial charge in [0.2, 0.25) is 0 Å². The van der Waals surface area contributed by atoms with Gasteiger partial charge in [-0.1, -0.05) is 71.5 Å². The van der Waals surface area contributed by atoms with Gasteiger partial charge in [-0.3, -0.25) is 10.1 Å². The lowest BCUT2D eigenvalue weighted by Gasteiger charge is -2.20. The van der Waals surface area contributed by atoms with Gasteiger partial charge in [-0.25, -0.2) is 4.98 Å². The zero-order valence-corrected chi connectivity index (χ0v) is 20.4. The number of nitrogens with one attached hydrogen (secondary N) is 2. The van der Waals surface area contributed by atoms with Crippen LogP contribution in [0.3, 0.4) is 0 Å². The molecule has 1 unspecified atom stereocenters. The number of carbonyl (C=O) groups is 1. The zero-order valence-electron chi connectivity index (χ0n) is 18.9. The maximum Gasteiger partial charge on any atom is 0.257 e. The van der Waals surface area contributed by atoms with Crippen LogP contribution in [0.4, 0.5) is 10.8 Å². The maximum atomic E-state index is 12.7. The fraction of sp³-hybridized carbons (Fsp3) is 0.0714. The van der Waals surface area contributed by atoms with Crippen LogP contribution in [0.1, 0.15) is 26.8 Å². The van der Waals surface area contributed by atoms with Gasteiger partial charge in [-0.15, -0.1) is 0 Å². The third-order valence-corrected chi connectivity index (χ3v) is 6.90. The van der Waals surface area contributed by atoms with Crippen LogP contribution in [-0.2, 0) is 0 Å². The summed E-state index contributed by atoms with van der Waals surface area (Å²) in [4.78, 5) is 18.2. The van der Waals surface area contributed by atoms with Crippen molar-refractivity contribution in [1.29, 1.82) is 0 Å². The summed E-state index contributed by atoms with van der Waals surface area (Å²) >= 11 is 7.59. The predicted octanol–water partition coefficient (Wildman–Crippen LogP) is 7.41. The van der Waals surface area contributed by atoms with Crippen molar-refractivity contribution >= 4 is 50.4 Å². The Hall–Kier alpha value is -3.87. The lowest BCUT2D eigenvalue weighted by atomic mass is 10.0. The number of benzene rings is 4. The second-order valence-electron chi connectivity index (χ2n) is 7.91. The third kappa shape index (κ3) is 5.14. The van der Waals surface area contributed by atoms with E-state index < -0.39 is 0 Å². The molecule has 0 aliphatic rings. The number of fused-ring (bicyclic) bond motifs is 1. The summed E-state index contributed by atoms with van der Waals surface area (Å²) in [5, 5.41) is 10.1. The van der Waals surface area contributed by atoms with Crippen molar-refractivity contribution in [1.82, 2.24) is 4.98 Å². The Morgan fingerprint density at radius 1 is 0.943 bits per heavy atom. The van der Waals surface area contributed by atoms with E-state index in [1.807, 2.05) is 42.5 Å². The van der Waals surface area contributed by atoms with Crippen molar-refractivity contribution in [3.63, 3.8) is 0 Å². The SMILES string of the molecule is COc1ccc(C(=O)Nc2ncc(C(Nc3cccc4ccccc34)c3ccc(Cl)cc3)s2)cc1. The summed E-state index contributed by atoms with van der Waals surface area (Å²) in [5.74, 6) is 0.474. The fourth-order valence-corrected chi connectivity index (χ4v) is 4.89. The molecule has 5 nitrogen and oxygen atoms in total. The zero-order chi connectivity index (χ0) is 24.2. The first-order valence-electron chi connectivity index (χ1n) is 11.0. The molecular weight excluding hydrogens is 478 g/mol. The van der Waals surface area contributed by atoms with Gasteiger partial charge in [0.15, 0.2) is 5.13 Å². The van der Waals surface area contributed by atoms with E-state index in [0.717, 1.165) is 26.9 Å². The second-order valence-corrected chi connectivity index (χ2v) is 9.40. The molecule has 1 atom stereocenters. The van der Waals surface area contributed by atoms with Crippen molar-refractivity contribution in [2.45, 2.75) is 6.04 Å². The molecule has 0 spiro atoms. The molecular formula is C28H22ClN3O2S. The molecule has 7 heteroatoms. The summed E-state index contributed by atoms with van der Waals surface area (Å²) in [7, 11) is 1.59. The van der Waals surface area contributed by atoms with E-state index in [1.165, 1.54) is 11.3 Å². The normalized spacial score (nSPS) is 11.7. The van der Waals surface area contributed by atoms with E-state index in [0.29, 0.717) is 21.5 Å². The number of aromatic nitrogens is 1. The summed E-state index contributed by atoms with van der Waals surface area (Å²) in [6.45, 7) is 0. The van der Waals surface area contributed by atoms with Gasteiger partial charge in [0.25, 0.3) is 5.91 Å². The van der Waals surface area contributed by atoms with Gasteiger partial charge < -0.3 is 10.1 Å². The molecule has 174 valence electrons. The summed E-state index contributed by atoms with van der Waals surface area (Å²) < 4.78 is 5.16. The van der Waals surface area contributed by atoms with Gasteiger partial charge in [0.05, 0.1) is 18.0 Å². The minimum absolute atomic E-state index is 0.179. The molecule has 0 fully saturated rings. The first-order chi connectivity index (χ1) is 17.1. The standard InChI is InChI=1S/C28H22ClN3O2S/c1-34-22-15-11-20(12-16-22)27(33)32-28-30-17-25(35-28)26(19-9-13-21(29)14-10-19)31-24-8-4-6-18-5-2-3-7-23(18)24/h2-17,26,31H,1H3,(H,30,32,33). The van der Waals surface area contributed by atoms with E-state index in [4.69, 9.17) is 16.3 Å². The van der Waals surface area contributed by atoms with Gasteiger partial charge in [0.1, 0.15) is 5.75 Å². The lowest BCUT2D eigenvalue weighted by molar-refractivity contribution is 0.102. The molecule has 0 saturated carbocycles. The van der Waals surface area contributed by atoms with E-state index in [9.17, 15) is 4.79 Å². The Kier molecular flexibility index (Phi) is 6.66. The number of hydrogen-bond acceptors (Lipinski definition) is 5. The molecule has 0 bridgehead atoms. The fourth-order valence-electron chi connectivity index (χ4n) is 3.87. The summed E-state index contributed by atoms with van der Waals surface area (Å²) in [6.07, 6.45) is 1.80. The van der Waals surface area contributed by atoms with Crippen LogP contribution in [0.5, 0.6) is 5.75 Å². The van der Waals surface area contributed by atoms with E-state index >= 15 is 0 Å². The number of anilines is 2. The van der Waals surface area contributed by atoms with Crippen LogP contribution >= 0.6 is 22.9 Å². The highest BCUT2D eigenvalue weighted by molar-refractivity contribution is 7.15. The summed E-state index contributed by atoms with van der Waals surface area (Å²) in [6, 6.07) is 29.0. The smallest absolute Gasteiger partial charge is 0.257 e. The number of amides is 1. The first-order valence-corrected chi connectivity index (χ1v) is 12.2. The van der Waals surface area contributed by atoms with Gasteiger partial charge in [0, 0.05) is 27.9 Å². The van der Waals surface area contributed by atoms with Crippen LogP contribution in [0.2, 0.25) is 5.02 Å². The van der Waals surface area contributed by atoms with Crippen LogP contribution in [0.25, 0.3) is 10.8 Å². The Morgan fingerprint density at radius 3 is 2.46 bits per heavy atom. The topological polar surface area (TPSA) is 63.2 Å². The largest absolute Gasteiger partial charge is 0.497 e. The number of thiazole rings is 1. The van der Waals surface area contributed by atoms with E-state index in [2.05, 4.69) is 39.9 Å². The average Bonchev–Trinajstić information content (AvgIpc) is 3.36. The monoisotopic (exact) mass is 499 g/mol. The Labute approximate surface area is 212 Å². The average molecular weight is 500 g/mol. The molecule has 1 aromatic heterocycles. The molecule has 4 aromatic carbocycles. The highest BCUT2D eigenvalue weighted by Gasteiger charge is 2.19. The predicted molar refractivity (Wildman–Crippen MR) is 144 cm³/mol. The molecule has 0 aliphatic heterocycles. The Bertz CT molecular complexity index is 1460. The molecule has 5 aromatic rings.